The second-order valence-corrected chi connectivity index (χ2v) is 27.3. The van der Waals surface area contributed by atoms with Crippen molar-refractivity contribution in [2.75, 3.05) is 4.90 Å². The number of fused-ring (bicyclic) bond motifs is 18. The Bertz CT molecular complexity index is 6940. The lowest BCUT2D eigenvalue weighted by atomic mass is 9.72. The summed E-state index contributed by atoms with van der Waals surface area (Å²) < 4.78 is 11.6. The molecule has 8 nitrogen and oxygen atoms in total. The summed E-state index contributed by atoms with van der Waals surface area (Å²) in [5.74, 6) is 0. The maximum absolute atomic E-state index is 12.0. The van der Waals surface area contributed by atoms with E-state index in [-0.39, 0.29) is 5.41 Å². The number of rotatable bonds is 8. The van der Waals surface area contributed by atoms with Crippen molar-refractivity contribution in [1.29, 1.82) is 10.5 Å². The zero-order chi connectivity index (χ0) is 66.8. The molecule has 0 spiro atoms. The quantitative estimate of drug-likeness (QED) is 0.152. The minimum absolute atomic E-state index is 0.299. The average Bonchev–Trinajstić information content (AvgIpc) is 1.56. The molecule has 0 fully saturated rings. The molecule has 1 aliphatic heterocycles. The molecule has 1 unspecified atom stereocenters. The van der Waals surface area contributed by atoms with Gasteiger partial charge in [0.2, 0.25) is 0 Å². The SMILES string of the molecule is CC12CC(c3ccc4c(c3)c3cc5c(cc3n4-c3cc(C#N)c(-n4c6ccc(-c7ccc8c(c7)c7ccccc7n8-c7ccccc7)cc6c6cc7c(cc64)c4ccccc4n7-c4ccccc4)cc3C#N)c3ccccc3n5-c3ccccc3)=CC=C1N(c1ccccc1)c1ccccc12. The third-order valence-corrected chi connectivity index (χ3v) is 21.9. The average molecular weight is 1290 g/mol. The highest BCUT2D eigenvalue weighted by atomic mass is 15.2. The Labute approximate surface area is 580 Å². The van der Waals surface area contributed by atoms with Crippen LogP contribution in [-0.4, -0.2) is 22.8 Å². The highest BCUT2D eigenvalue weighted by molar-refractivity contribution is 6.22. The molecule has 1 aliphatic carbocycles. The monoisotopic (exact) mass is 1290 g/mol. The van der Waals surface area contributed by atoms with Crippen molar-refractivity contribution in [1.82, 2.24) is 22.8 Å². The Kier molecular flexibility index (Phi) is 12.0. The molecule has 0 amide bonds. The summed E-state index contributed by atoms with van der Waals surface area (Å²) in [4.78, 5) is 2.43. The number of aromatic nitrogens is 5. The molecular formula is C93H58N8. The summed E-state index contributed by atoms with van der Waals surface area (Å²) in [7, 11) is 0. The van der Waals surface area contributed by atoms with Gasteiger partial charge in [0.1, 0.15) is 12.1 Å². The van der Waals surface area contributed by atoms with Gasteiger partial charge in [-0.25, -0.2) is 0 Å². The van der Waals surface area contributed by atoms with Gasteiger partial charge in [0, 0.05) is 93.4 Å². The maximum atomic E-state index is 12.0. The number of anilines is 2. The number of nitriles is 2. The topological polar surface area (TPSA) is 75.5 Å². The fourth-order valence-electron chi connectivity index (χ4n) is 17.5. The number of benzene rings is 14. The van der Waals surface area contributed by atoms with E-state index in [4.69, 9.17) is 0 Å². The molecule has 101 heavy (non-hydrogen) atoms. The van der Waals surface area contributed by atoms with E-state index < -0.39 is 0 Å². The van der Waals surface area contributed by atoms with Crippen LogP contribution in [0.2, 0.25) is 0 Å². The van der Waals surface area contributed by atoms with E-state index in [1.807, 2.05) is 12.1 Å². The lowest BCUT2D eigenvalue weighted by Crippen LogP contribution is -2.28. The van der Waals surface area contributed by atoms with Crippen molar-refractivity contribution < 1.29 is 0 Å². The Morgan fingerprint density at radius 2 is 0.614 bits per heavy atom. The molecule has 14 aromatic carbocycles. The molecule has 21 rings (SSSR count). The first-order valence-corrected chi connectivity index (χ1v) is 34.5. The van der Waals surface area contributed by atoms with Crippen molar-refractivity contribution in [3.63, 3.8) is 0 Å². The largest absolute Gasteiger partial charge is 0.313 e. The first kappa shape index (κ1) is 56.5. The van der Waals surface area contributed by atoms with Gasteiger partial charge in [-0.2, -0.15) is 10.5 Å². The van der Waals surface area contributed by atoms with Gasteiger partial charge in [0.05, 0.1) is 77.7 Å². The minimum atomic E-state index is -0.299. The summed E-state index contributed by atoms with van der Waals surface area (Å²) in [6, 6.07) is 117. The first-order chi connectivity index (χ1) is 49.9. The van der Waals surface area contributed by atoms with Crippen LogP contribution < -0.4 is 4.90 Å². The van der Waals surface area contributed by atoms with E-state index in [1.165, 1.54) is 33.3 Å². The van der Waals surface area contributed by atoms with Crippen molar-refractivity contribution >= 4 is 126 Å². The van der Waals surface area contributed by atoms with Crippen molar-refractivity contribution in [3.05, 3.63) is 349 Å². The van der Waals surface area contributed by atoms with Crippen molar-refractivity contribution in [2.24, 2.45) is 0 Å². The van der Waals surface area contributed by atoms with Crippen LogP contribution in [0.15, 0.2) is 327 Å². The summed E-state index contributed by atoms with van der Waals surface area (Å²) in [5, 5.41) is 34.8. The van der Waals surface area contributed by atoms with Crippen LogP contribution in [0.25, 0.3) is 154 Å². The standard InChI is InChI=1S/C93H58N8/c1-93-55-61(41-45-92(93)99(67-28-12-5-13-29-67)85-37-21-17-33-78(85)93)60-40-44-84-73(48-60)77-54-89-75(70-32-16-20-36-81(70)98(89)66-26-10-4-11-27-66)52-91(77)101(84)87-50-62(56-94)86(49-63(87)57-95)100-83-43-39-59(58-38-42-82-71(46-58)68-30-14-18-34-79(68)96(82)64-22-6-2-7-23-64)47-72(83)76-53-88-74(51-90(76)100)69-31-15-19-35-80(69)97(88)65-24-8-3-9-25-65/h2-54H,55H2,1H3. The second-order valence-electron chi connectivity index (χ2n) is 27.3. The van der Waals surface area contributed by atoms with Gasteiger partial charge in [0.25, 0.3) is 0 Å². The number of hydrogen-bond donors (Lipinski definition) is 0. The van der Waals surface area contributed by atoms with E-state index in [0.29, 0.717) is 22.5 Å². The van der Waals surface area contributed by atoms with Crippen LogP contribution in [0.4, 0.5) is 11.4 Å². The fraction of sp³-hybridized carbons (Fsp3) is 0.0323. The first-order valence-electron chi connectivity index (χ1n) is 34.5. The molecule has 0 radical (unpaired) electrons. The second kappa shape index (κ2) is 21.4. The molecule has 470 valence electrons. The van der Waals surface area contributed by atoms with Gasteiger partial charge >= 0.3 is 0 Å². The van der Waals surface area contributed by atoms with Crippen LogP contribution in [0.3, 0.4) is 0 Å². The third kappa shape index (κ3) is 8.10. The Balaban J connectivity index is 0.793. The smallest absolute Gasteiger partial charge is 0.101 e. The number of hydrogen-bond acceptors (Lipinski definition) is 3. The maximum Gasteiger partial charge on any atom is 0.101 e. The Morgan fingerprint density at radius 3 is 1.08 bits per heavy atom. The van der Waals surface area contributed by atoms with Gasteiger partial charge < -0.3 is 27.7 Å². The molecule has 5 aromatic heterocycles. The molecule has 19 aromatic rings. The third-order valence-electron chi connectivity index (χ3n) is 21.9. The fourth-order valence-corrected chi connectivity index (χ4v) is 17.5. The lowest BCUT2D eigenvalue weighted by Gasteiger charge is -2.34. The molecule has 6 heterocycles. The minimum Gasteiger partial charge on any atom is -0.313 e. The lowest BCUT2D eigenvalue weighted by molar-refractivity contribution is 0.586. The molecule has 2 aliphatic rings. The molecule has 0 N–H and O–H groups in total. The van der Waals surface area contributed by atoms with E-state index >= 15 is 0 Å². The predicted molar refractivity (Wildman–Crippen MR) is 416 cm³/mol. The summed E-state index contributed by atoms with van der Waals surface area (Å²) >= 11 is 0. The molecule has 0 saturated heterocycles. The van der Waals surface area contributed by atoms with Gasteiger partial charge in [0.15, 0.2) is 0 Å². The molecule has 1 atom stereocenters. The normalized spacial score (nSPS) is 14.5. The number of allylic oxidation sites excluding steroid dienone is 4. The molecule has 0 saturated carbocycles. The summed E-state index contributed by atoms with van der Waals surface area (Å²) in [6.45, 7) is 2.40. The molecule has 0 bridgehead atoms. The highest BCUT2D eigenvalue weighted by Crippen LogP contribution is 2.57. The van der Waals surface area contributed by atoms with Gasteiger partial charge in [-0.05, 0) is 193 Å². The van der Waals surface area contributed by atoms with Gasteiger partial charge in [-0.15, -0.1) is 0 Å². The van der Waals surface area contributed by atoms with E-state index in [0.717, 1.165) is 144 Å². The Morgan fingerprint density at radius 1 is 0.277 bits per heavy atom. The highest BCUT2D eigenvalue weighted by Gasteiger charge is 2.46. The van der Waals surface area contributed by atoms with E-state index in [9.17, 15) is 10.5 Å². The summed E-state index contributed by atoms with van der Waals surface area (Å²) in [5.41, 5.74) is 24.9. The van der Waals surface area contributed by atoms with Crippen LogP contribution in [-0.2, 0) is 5.41 Å². The van der Waals surface area contributed by atoms with Crippen molar-refractivity contribution in [3.8, 4) is 51.7 Å². The van der Waals surface area contributed by atoms with Crippen LogP contribution in [0.1, 0.15) is 35.6 Å². The van der Waals surface area contributed by atoms with Gasteiger partial charge in [-0.3, -0.25) is 0 Å². The van der Waals surface area contributed by atoms with E-state index in [1.54, 1.807) is 0 Å². The van der Waals surface area contributed by atoms with Gasteiger partial charge in [-0.1, -0.05) is 170 Å². The van der Waals surface area contributed by atoms with E-state index in [2.05, 4.69) is 356 Å². The Hall–Kier alpha value is -13.7. The van der Waals surface area contributed by atoms with Crippen LogP contribution in [0, 0.1) is 22.7 Å². The number of nitrogens with zero attached hydrogens (tertiary/aromatic N) is 8. The zero-order valence-electron chi connectivity index (χ0n) is 54.9. The molecule has 8 heteroatoms. The van der Waals surface area contributed by atoms with Crippen molar-refractivity contribution in [2.45, 2.75) is 18.8 Å². The molecular weight excluding hydrogens is 1230 g/mol. The number of para-hydroxylation sites is 8. The summed E-state index contributed by atoms with van der Waals surface area (Å²) in [6.07, 6.45) is 5.45. The van der Waals surface area contributed by atoms with Crippen LogP contribution in [0.5, 0.6) is 0 Å². The predicted octanol–water partition coefficient (Wildman–Crippen LogP) is 23.4. The zero-order valence-corrected chi connectivity index (χ0v) is 54.9. The van der Waals surface area contributed by atoms with Crippen LogP contribution >= 0.6 is 0 Å².